The largest absolute Gasteiger partial charge is 0.330 e. The summed E-state index contributed by atoms with van der Waals surface area (Å²) in [7, 11) is 0. The Kier molecular flexibility index (Phi) is 2.68. The van der Waals surface area contributed by atoms with Gasteiger partial charge in [0.05, 0.1) is 5.69 Å². The van der Waals surface area contributed by atoms with Crippen LogP contribution in [0.4, 0.5) is 0 Å². The summed E-state index contributed by atoms with van der Waals surface area (Å²) >= 11 is 6.24. The Hall–Kier alpha value is -0.540. The number of fused-ring (bicyclic) bond motifs is 1. The molecule has 2 unspecified atom stereocenters. The van der Waals surface area contributed by atoms with Crippen LogP contribution in [0.5, 0.6) is 0 Å². The molecule has 1 aromatic heterocycles. The lowest BCUT2D eigenvalue weighted by Crippen LogP contribution is -2.21. The Morgan fingerprint density at radius 3 is 3.06 bits per heavy atom. The molecule has 88 valence electrons. The summed E-state index contributed by atoms with van der Waals surface area (Å²) < 4.78 is 2.38. The molecular weight excluding hydrogens is 222 g/mol. The van der Waals surface area contributed by atoms with Crippen LogP contribution in [0.15, 0.2) is 0 Å². The minimum atomic E-state index is 0.566. The molecule has 1 N–H and O–H groups in total. The van der Waals surface area contributed by atoms with Crippen LogP contribution >= 0.6 is 11.6 Å². The molecule has 4 heteroatoms. The lowest BCUT2D eigenvalue weighted by Gasteiger charge is -2.23. The Balaban J connectivity index is 1.98. The number of hydrogen-bond donors (Lipinski definition) is 1. The number of hydrogen-bond acceptors (Lipinski definition) is 2. The third-order valence-electron chi connectivity index (χ3n) is 3.85. The average Bonchev–Trinajstić information content (AvgIpc) is 2.86. The van der Waals surface area contributed by atoms with E-state index < -0.39 is 0 Å². The van der Waals surface area contributed by atoms with Crippen LogP contribution in [0, 0.1) is 5.92 Å². The monoisotopic (exact) mass is 239 g/mol. The first-order valence-electron chi connectivity index (χ1n) is 6.21. The maximum Gasteiger partial charge on any atom is 0.150 e. The molecule has 16 heavy (non-hydrogen) atoms. The molecule has 3 nitrogen and oxygen atoms in total. The molecule has 0 aliphatic carbocycles. The highest BCUT2D eigenvalue weighted by Gasteiger charge is 2.28. The van der Waals surface area contributed by atoms with Crippen molar-refractivity contribution in [2.45, 2.75) is 38.6 Å². The van der Waals surface area contributed by atoms with Gasteiger partial charge in [-0.25, -0.2) is 4.98 Å². The van der Waals surface area contributed by atoms with Crippen molar-refractivity contribution in [2.75, 3.05) is 13.1 Å². The van der Waals surface area contributed by atoms with E-state index in [1.807, 2.05) is 0 Å². The molecule has 0 aromatic carbocycles. The molecule has 3 heterocycles. The molecule has 0 spiro atoms. The summed E-state index contributed by atoms with van der Waals surface area (Å²) in [5.74, 6) is 2.54. The van der Waals surface area contributed by atoms with Crippen molar-refractivity contribution < 1.29 is 0 Å². The third kappa shape index (κ3) is 1.66. The zero-order valence-electron chi connectivity index (χ0n) is 9.67. The number of nitrogens with zero attached hydrogens (tertiary/aromatic N) is 2. The molecule has 1 fully saturated rings. The molecule has 2 aliphatic heterocycles. The van der Waals surface area contributed by atoms with Gasteiger partial charge >= 0.3 is 0 Å². The number of nitrogens with one attached hydrogen (secondary N) is 1. The lowest BCUT2D eigenvalue weighted by atomic mass is 9.99. The van der Waals surface area contributed by atoms with Crippen LogP contribution in [0.1, 0.15) is 37.2 Å². The minimum Gasteiger partial charge on any atom is -0.330 e. The highest BCUT2D eigenvalue weighted by molar-refractivity contribution is 6.30. The van der Waals surface area contributed by atoms with Crippen molar-refractivity contribution in [3.63, 3.8) is 0 Å². The van der Waals surface area contributed by atoms with Gasteiger partial charge in [-0.2, -0.15) is 0 Å². The van der Waals surface area contributed by atoms with Gasteiger partial charge in [0.2, 0.25) is 0 Å². The van der Waals surface area contributed by atoms with Gasteiger partial charge in [0.1, 0.15) is 5.82 Å². The number of imidazole rings is 1. The highest BCUT2D eigenvalue weighted by atomic mass is 35.5. The summed E-state index contributed by atoms with van der Waals surface area (Å²) in [5, 5.41) is 4.15. The third-order valence-corrected chi connectivity index (χ3v) is 4.15. The topological polar surface area (TPSA) is 29.9 Å². The zero-order chi connectivity index (χ0) is 11.1. The van der Waals surface area contributed by atoms with E-state index in [2.05, 4.69) is 21.8 Å². The van der Waals surface area contributed by atoms with E-state index in [0.717, 1.165) is 37.1 Å². The summed E-state index contributed by atoms with van der Waals surface area (Å²) in [6, 6.07) is 0. The second kappa shape index (κ2) is 4.04. The van der Waals surface area contributed by atoms with Gasteiger partial charge in [-0.05, 0) is 31.7 Å². The van der Waals surface area contributed by atoms with Crippen molar-refractivity contribution in [2.24, 2.45) is 5.92 Å². The molecule has 2 aliphatic rings. The predicted octanol–water partition coefficient (Wildman–Crippen LogP) is 2.20. The maximum atomic E-state index is 6.24. The Morgan fingerprint density at radius 2 is 2.31 bits per heavy atom. The van der Waals surface area contributed by atoms with Gasteiger partial charge in [0.15, 0.2) is 5.15 Å². The summed E-state index contributed by atoms with van der Waals surface area (Å²) in [6.07, 6.45) is 3.53. The van der Waals surface area contributed by atoms with E-state index in [1.54, 1.807) is 0 Å². The molecule has 1 saturated heterocycles. The molecular formula is C12H18ClN3. The molecule has 3 rings (SSSR count). The van der Waals surface area contributed by atoms with Crippen LogP contribution < -0.4 is 5.32 Å². The first kappa shape index (κ1) is 10.6. The Labute approximate surface area is 101 Å². The number of rotatable bonds is 1. The van der Waals surface area contributed by atoms with E-state index >= 15 is 0 Å². The maximum absolute atomic E-state index is 6.24. The average molecular weight is 240 g/mol. The number of halogens is 1. The first-order chi connectivity index (χ1) is 7.75. The second-order valence-corrected chi connectivity index (χ2v) is 5.51. The van der Waals surface area contributed by atoms with Crippen LogP contribution in [0.3, 0.4) is 0 Å². The van der Waals surface area contributed by atoms with E-state index in [1.165, 1.54) is 24.4 Å². The highest BCUT2D eigenvalue weighted by Crippen LogP contribution is 2.32. The predicted molar refractivity (Wildman–Crippen MR) is 64.9 cm³/mol. The SMILES string of the molecule is CC1CCc2c(Cl)nc(C3CCNC3)n2C1. The minimum absolute atomic E-state index is 0.566. The van der Waals surface area contributed by atoms with E-state index in [-0.39, 0.29) is 0 Å². The van der Waals surface area contributed by atoms with Gasteiger partial charge in [-0.3, -0.25) is 0 Å². The standard InChI is InChI=1S/C12H18ClN3/c1-8-2-3-10-11(13)15-12(16(10)7-8)9-4-5-14-6-9/h8-9,14H,2-7H2,1H3. The smallest absolute Gasteiger partial charge is 0.150 e. The van der Waals surface area contributed by atoms with E-state index in [9.17, 15) is 0 Å². The summed E-state index contributed by atoms with van der Waals surface area (Å²) in [4.78, 5) is 4.60. The van der Waals surface area contributed by atoms with Crippen LogP contribution in [-0.4, -0.2) is 22.6 Å². The second-order valence-electron chi connectivity index (χ2n) is 5.15. The molecule has 0 radical (unpaired) electrons. The van der Waals surface area contributed by atoms with Crippen molar-refractivity contribution in [1.29, 1.82) is 0 Å². The fourth-order valence-corrected chi connectivity index (χ4v) is 3.17. The lowest BCUT2D eigenvalue weighted by molar-refractivity contribution is 0.385. The molecule has 1 aromatic rings. The molecule has 0 bridgehead atoms. The fourth-order valence-electron chi connectivity index (χ4n) is 2.89. The normalized spacial score (nSPS) is 29.4. The van der Waals surface area contributed by atoms with E-state index in [4.69, 9.17) is 11.6 Å². The van der Waals surface area contributed by atoms with Crippen LogP contribution in [0.2, 0.25) is 5.15 Å². The quantitative estimate of drug-likeness (QED) is 0.814. The van der Waals surface area contributed by atoms with Crippen molar-refractivity contribution in [3.8, 4) is 0 Å². The van der Waals surface area contributed by atoms with Crippen molar-refractivity contribution >= 4 is 11.6 Å². The van der Waals surface area contributed by atoms with E-state index in [0.29, 0.717) is 5.92 Å². The fraction of sp³-hybridized carbons (Fsp3) is 0.750. The van der Waals surface area contributed by atoms with Crippen molar-refractivity contribution in [1.82, 2.24) is 14.9 Å². The van der Waals surface area contributed by atoms with Gasteiger partial charge in [0.25, 0.3) is 0 Å². The Bertz CT molecular complexity index is 393. The summed E-state index contributed by atoms with van der Waals surface area (Å²) in [5.41, 5.74) is 1.27. The van der Waals surface area contributed by atoms with Gasteiger partial charge in [-0.15, -0.1) is 0 Å². The first-order valence-corrected chi connectivity index (χ1v) is 6.59. The van der Waals surface area contributed by atoms with Gasteiger partial charge in [0, 0.05) is 19.0 Å². The Morgan fingerprint density at radius 1 is 1.44 bits per heavy atom. The zero-order valence-corrected chi connectivity index (χ0v) is 10.4. The molecule has 2 atom stereocenters. The number of aromatic nitrogens is 2. The van der Waals surface area contributed by atoms with Crippen LogP contribution in [0.25, 0.3) is 0 Å². The molecule has 0 saturated carbocycles. The van der Waals surface area contributed by atoms with Gasteiger partial charge in [-0.1, -0.05) is 18.5 Å². The van der Waals surface area contributed by atoms with Crippen LogP contribution in [-0.2, 0) is 13.0 Å². The van der Waals surface area contributed by atoms with Gasteiger partial charge < -0.3 is 9.88 Å². The summed E-state index contributed by atoms with van der Waals surface area (Å²) in [6.45, 7) is 5.58. The molecule has 0 amide bonds. The van der Waals surface area contributed by atoms with Crippen molar-refractivity contribution in [3.05, 3.63) is 16.7 Å².